The molecule has 0 aromatic heterocycles. The Balaban J connectivity index is 4.52. The topological polar surface area (TPSA) is 27.7 Å². The Kier molecular flexibility index (Phi) is 8.12. The van der Waals surface area contributed by atoms with E-state index in [1.807, 2.05) is 26.5 Å². The molecule has 82 valence electrons. The standard InChI is InChI=1S/C10H20O3Si/c1-5-11-9(12-6-2)10(13-7-3)14-8-4/h8H,4-7,14H2,1-3H3. The second kappa shape index (κ2) is 8.68. The van der Waals surface area contributed by atoms with Gasteiger partial charge in [0.15, 0.2) is 5.38 Å². The maximum atomic E-state index is 5.47. The van der Waals surface area contributed by atoms with Gasteiger partial charge in [0.05, 0.1) is 19.8 Å². The molecule has 0 bridgehead atoms. The summed E-state index contributed by atoms with van der Waals surface area (Å²) in [5.74, 6) is 0.545. The van der Waals surface area contributed by atoms with Crippen LogP contribution in [-0.2, 0) is 14.2 Å². The van der Waals surface area contributed by atoms with Gasteiger partial charge in [0.2, 0.25) is 0 Å². The lowest BCUT2D eigenvalue weighted by atomic mass is 10.8. The first-order valence-corrected chi connectivity index (χ1v) is 6.54. The maximum Gasteiger partial charge on any atom is 0.313 e. The maximum absolute atomic E-state index is 5.47. The molecule has 0 heterocycles. The average Bonchev–Trinajstić information content (AvgIpc) is 2.17. The predicted molar refractivity (Wildman–Crippen MR) is 60.6 cm³/mol. The van der Waals surface area contributed by atoms with Crippen LogP contribution in [0.15, 0.2) is 23.6 Å². The number of hydrogen-bond donors (Lipinski definition) is 0. The summed E-state index contributed by atoms with van der Waals surface area (Å²) in [4.78, 5) is 0. The van der Waals surface area contributed by atoms with Crippen molar-refractivity contribution in [1.29, 1.82) is 0 Å². The first-order valence-electron chi connectivity index (χ1n) is 5.02. The second-order valence-corrected chi connectivity index (χ2v) is 4.13. The first-order chi connectivity index (χ1) is 6.79. The molecule has 0 amide bonds. The highest BCUT2D eigenvalue weighted by molar-refractivity contribution is 6.50. The van der Waals surface area contributed by atoms with Crippen LogP contribution < -0.4 is 0 Å². The average molecular weight is 216 g/mol. The predicted octanol–water partition coefficient (Wildman–Crippen LogP) is 1.53. The quantitative estimate of drug-likeness (QED) is 0.455. The summed E-state index contributed by atoms with van der Waals surface area (Å²) in [7, 11) is -0.592. The summed E-state index contributed by atoms with van der Waals surface area (Å²) in [6, 6.07) is 0. The van der Waals surface area contributed by atoms with Gasteiger partial charge in [0.25, 0.3) is 0 Å². The lowest BCUT2D eigenvalue weighted by molar-refractivity contribution is 0.0286. The number of rotatable bonds is 8. The van der Waals surface area contributed by atoms with Gasteiger partial charge in [-0.05, 0) is 20.8 Å². The summed E-state index contributed by atoms with van der Waals surface area (Å²) in [6.07, 6.45) is 0. The Morgan fingerprint density at radius 1 is 1.07 bits per heavy atom. The van der Waals surface area contributed by atoms with Crippen LogP contribution in [-0.4, -0.2) is 29.3 Å². The zero-order valence-corrected chi connectivity index (χ0v) is 10.8. The molecule has 0 unspecified atom stereocenters. The summed E-state index contributed by atoms with van der Waals surface area (Å²) in [5, 5.41) is 0.853. The van der Waals surface area contributed by atoms with Gasteiger partial charge in [-0.1, -0.05) is 5.70 Å². The molecule has 0 spiro atoms. The van der Waals surface area contributed by atoms with Crippen molar-refractivity contribution in [2.24, 2.45) is 0 Å². The smallest absolute Gasteiger partial charge is 0.313 e. The van der Waals surface area contributed by atoms with Gasteiger partial charge < -0.3 is 14.2 Å². The molecular formula is C10H20O3Si. The number of hydrogen-bond acceptors (Lipinski definition) is 3. The van der Waals surface area contributed by atoms with E-state index in [2.05, 4.69) is 6.58 Å². The van der Waals surface area contributed by atoms with Crippen molar-refractivity contribution in [3.05, 3.63) is 23.6 Å². The molecule has 0 fully saturated rings. The van der Waals surface area contributed by atoms with Crippen LogP contribution in [0.4, 0.5) is 0 Å². The summed E-state index contributed by atoms with van der Waals surface area (Å²) >= 11 is 0. The fraction of sp³-hybridized carbons (Fsp3) is 0.600. The van der Waals surface area contributed by atoms with E-state index in [0.29, 0.717) is 25.8 Å². The van der Waals surface area contributed by atoms with E-state index in [0.717, 1.165) is 5.38 Å². The molecule has 0 aliphatic carbocycles. The first kappa shape index (κ1) is 13.1. The molecule has 14 heavy (non-hydrogen) atoms. The molecule has 0 saturated carbocycles. The lowest BCUT2D eigenvalue weighted by Gasteiger charge is -2.14. The summed E-state index contributed by atoms with van der Waals surface area (Å²) in [5.41, 5.74) is 1.91. The highest BCUT2D eigenvalue weighted by Gasteiger charge is 2.09. The third-order valence-corrected chi connectivity index (χ3v) is 2.58. The van der Waals surface area contributed by atoms with Crippen LogP contribution in [0.2, 0.25) is 0 Å². The van der Waals surface area contributed by atoms with E-state index in [1.165, 1.54) is 0 Å². The monoisotopic (exact) mass is 216 g/mol. The minimum Gasteiger partial charge on any atom is -0.496 e. The number of ether oxygens (including phenoxy) is 3. The van der Waals surface area contributed by atoms with Crippen molar-refractivity contribution < 1.29 is 14.2 Å². The zero-order valence-electron chi connectivity index (χ0n) is 9.34. The molecule has 0 N–H and O–H groups in total. The van der Waals surface area contributed by atoms with Crippen molar-refractivity contribution in [3.63, 3.8) is 0 Å². The summed E-state index contributed by atoms with van der Waals surface area (Å²) in [6.45, 7) is 11.4. The van der Waals surface area contributed by atoms with Gasteiger partial charge in [-0.3, -0.25) is 0 Å². The van der Waals surface area contributed by atoms with E-state index in [-0.39, 0.29) is 0 Å². The Morgan fingerprint density at radius 2 is 1.57 bits per heavy atom. The highest BCUT2D eigenvalue weighted by Crippen LogP contribution is 2.09. The molecular weight excluding hydrogens is 196 g/mol. The van der Waals surface area contributed by atoms with E-state index in [4.69, 9.17) is 14.2 Å². The third kappa shape index (κ3) is 4.96. The minimum atomic E-state index is -0.592. The lowest BCUT2D eigenvalue weighted by Crippen LogP contribution is -2.09. The fourth-order valence-corrected chi connectivity index (χ4v) is 1.93. The van der Waals surface area contributed by atoms with Gasteiger partial charge >= 0.3 is 5.95 Å². The van der Waals surface area contributed by atoms with E-state index >= 15 is 0 Å². The van der Waals surface area contributed by atoms with Gasteiger partial charge in [-0.15, -0.1) is 6.58 Å². The zero-order chi connectivity index (χ0) is 10.8. The molecule has 0 aliphatic rings. The van der Waals surface area contributed by atoms with Crippen molar-refractivity contribution in [1.82, 2.24) is 0 Å². The van der Waals surface area contributed by atoms with E-state index in [1.54, 1.807) is 0 Å². The Bertz CT molecular complexity index is 182. The van der Waals surface area contributed by atoms with Crippen molar-refractivity contribution in [2.45, 2.75) is 20.8 Å². The second-order valence-electron chi connectivity index (χ2n) is 2.50. The highest BCUT2D eigenvalue weighted by atomic mass is 28.2. The molecule has 3 nitrogen and oxygen atoms in total. The Labute approximate surface area is 88.6 Å². The third-order valence-electron chi connectivity index (χ3n) is 1.43. The fourth-order valence-electron chi connectivity index (χ4n) is 0.971. The Hall–Kier alpha value is -0.903. The van der Waals surface area contributed by atoms with Crippen LogP contribution in [0.3, 0.4) is 0 Å². The van der Waals surface area contributed by atoms with Crippen LogP contribution in [0.1, 0.15) is 20.8 Å². The van der Waals surface area contributed by atoms with Crippen LogP contribution in [0, 0.1) is 0 Å². The molecule has 0 rings (SSSR count). The SMILES string of the molecule is C=C[SiH2]C(OCC)=C(OCC)OCC. The van der Waals surface area contributed by atoms with Gasteiger partial charge in [0, 0.05) is 0 Å². The molecule has 0 aromatic rings. The van der Waals surface area contributed by atoms with Gasteiger partial charge in [-0.2, -0.15) is 0 Å². The van der Waals surface area contributed by atoms with Crippen LogP contribution >= 0.6 is 0 Å². The van der Waals surface area contributed by atoms with Crippen molar-refractivity contribution in [3.8, 4) is 0 Å². The van der Waals surface area contributed by atoms with Crippen LogP contribution in [0.5, 0.6) is 0 Å². The normalized spacial score (nSPS) is 9.93. The molecule has 0 aromatic carbocycles. The molecule has 4 heteroatoms. The molecule has 0 saturated heterocycles. The van der Waals surface area contributed by atoms with E-state index in [9.17, 15) is 0 Å². The minimum absolute atomic E-state index is 0.545. The molecule has 0 atom stereocenters. The van der Waals surface area contributed by atoms with Gasteiger partial charge in [-0.25, -0.2) is 0 Å². The van der Waals surface area contributed by atoms with Gasteiger partial charge in [0.1, 0.15) is 9.52 Å². The van der Waals surface area contributed by atoms with Crippen molar-refractivity contribution in [2.75, 3.05) is 19.8 Å². The molecule has 0 radical (unpaired) electrons. The van der Waals surface area contributed by atoms with E-state index < -0.39 is 9.52 Å². The summed E-state index contributed by atoms with van der Waals surface area (Å²) < 4.78 is 16.2. The van der Waals surface area contributed by atoms with Crippen LogP contribution in [0.25, 0.3) is 0 Å². The Morgan fingerprint density at radius 3 is 1.93 bits per heavy atom. The largest absolute Gasteiger partial charge is 0.496 e. The molecule has 0 aliphatic heterocycles. The van der Waals surface area contributed by atoms with Crippen molar-refractivity contribution >= 4 is 9.52 Å².